The Balaban J connectivity index is 2.19. The van der Waals surface area contributed by atoms with E-state index in [1.165, 1.54) is 0 Å². The highest BCUT2D eigenvalue weighted by atomic mass is 16.1. The lowest BCUT2D eigenvalue weighted by Gasteiger charge is -2.20. The van der Waals surface area contributed by atoms with Crippen LogP contribution in [-0.2, 0) is 12.5 Å². The zero-order valence-corrected chi connectivity index (χ0v) is 15.4. The molecule has 0 saturated carbocycles. The molecule has 2 aromatic heterocycles. The predicted molar refractivity (Wildman–Crippen MR) is 97.7 cm³/mol. The van der Waals surface area contributed by atoms with Gasteiger partial charge in [-0.2, -0.15) is 5.10 Å². The van der Waals surface area contributed by atoms with E-state index < -0.39 is 0 Å². The number of nitrogens with one attached hydrogen (secondary N) is 1. The van der Waals surface area contributed by atoms with Gasteiger partial charge in [-0.1, -0.05) is 20.8 Å². The molecule has 6 heteroatoms. The highest BCUT2D eigenvalue weighted by Crippen LogP contribution is 2.25. The molecule has 2 aromatic rings. The van der Waals surface area contributed by atoms with Crippen molar-refractivity contribution < 1.29 is 4.79 Å². The Kier molecular flexibility index (Phi) is 5.26. The van der Waals surface area contributed by atoms with Gasteiger partial charge >= 0.3 is 0 Å². The van der Waals surface area contributed by atoms with E-state index in [9.17, 15) is 4.79 Å². The van der Waals surface area contributed by atoms with E-state index in [1.807, 2.05) is 40.0 Å². The number of rotatable bonds is 5. The normalized spacial score (nSPS) is 11.4. The Morgan fingerprint density at radius 1 is 1.25 bits per heavy atom. The van der Waals surface area contributed by atoms with Gasteiger partial charge in [0.25, 0.3) is 5.91 Å². The summed E-state index contributed by atoms with van der Waals surface area (Å²) in [6, 6.07) is 3.81. The minimum atomic E-state index is -0.196. The van der Waals surface area contributed by atoms with Gasteiger partial charge < -0.3 is 10.2 Å². The average Bonchev–Trinajstić information content (AvgIpc) is 2.92. The molecule has 0 atom stereocenters. The zero-order valence-electron chi connectivity index (χ0n) is 15.4. The summed E-state index contributed by atoms with van der Waals surface area (Å²) < 4.78 is 1.68. The summed E-state index contributed by atoms with van der Waals surface area (Å²) in [5, 5.41) is 7.35. The highest BCUT2D eigenvalue weighted by molar-refractivity contribution is 6.05. The van der Waals surface area contributed by atoms with Crippen molar-refractivity contribution in [3.8, 4) is 0 Å². The van der Waals surface area contributed by atoms with Crippen molar-refractivity contribution >= 4 is 17.4 Å². The molecule has 24 heavy (non-hydrogen) atoms. The molecule has 0 radical (unpaired) electrons. The summed E-state index contributed by atoms with van der Waals surface area (Å²) in [7, 11) is 1.83. The lowest BCUT2D eigenvalue weighted by atomic mass is 9.89. The first-order valence-corrected chi connectivity index (χ1v) is 8.32. The number of nitrogens with zero attached hydrogens (tertiary/aromatic N) is 4. The molecule has 2 rings (SSSR count). The highest BCUT2D eigenvalue weighted by Gasteiger charge is 2.25. The standard InChI is InChI=1S/C18H27N5O/c1-7-23(8-2)15-10-9-13(11-19-15)20-17(24)14-12-22(6)21-16(14)18(3,4)5/h9-12H,7-8H2,1-6H3,(H,20,24). The third-order valence-corrected chi connectivity index (χ3v) is 3.88. The number of carbonyl (C=O) groups is 1. The maximum atomic E-state index is 12.6. The van der Waals surface area contributed by atoms with Gasteiger partial charge in [-0.15, -0.1) is 0 Å². The molecule has 0 saturated heterocycles. The summed E-state index contributed by atoms with van der Waals surface area (Å²) in [6.07, 6.45) is 3.45. The van der Waals surface area contributed by atoms with Gasteiger partial charge in [0.05, 0.1) is 23.1 Å². The van der Waals surface area contributed by atoms with E-state index in [0.29, 0.717) is 11.3 Å². The van der Waals surface area contributed by atoms with Crippen LogP contribution in [0.15, 0.2) is 24.5 Å². The number of pyridine rings is 1. The van der Waals surface area contributed by atoms with Crippen LogP contribution in [0, 0.1) is 0 Å². The quantitative estimate of drug-likeness (QED) is 0.915. The maximum absolute atomic E-state index is 12.6. The molecule has 0 unspecified atom stereocenters. The van der Waals surface area contributed by atoms with Crippen LogP contribution in [0.4, 0.5) is 11.5 Å². The van der Waals surface area contributed by atoms with Crippen LogP contribution >= 0.6 is 0 Å². The van der Waals surface area contributed by atoms with Crippen molar-refractivity contribution in [2.75, 3.05) is 23.3 Å². The Hall–Kier alpha value is -2.37. The summed E-state index contributed by atoms with van der Waals surface area (Å²) in [5.74, 6) is 0.750. The van der Waals surface area contributed by atoms with E-state index in [4.69, 9.17) is 0 Å². The van der Waals surface area contributed by atoms with Gasteiger partial charge in [-0.05, 0) is 26.0 Å². The predicted octanol–water partition coefficient (Wildman–Crippen LogP) is 3.21. The largest absolute Gasteiger partial charge is 0.357 e. The molecule has 0 spiro atoms. The molecule has 2 heterocycles. The van der Waals surface area contributed by atoms with Gasteiger partial charge in [-0.25, -0.2) is 4.98 Å². The van der Waals surface area contributed by atoms with Crippen LogP contribution < -0.4 is 10.2 Å². The molecule has 1 N–H and O–H groups in total. The van der Waals surface area contributed by atoms with Crippen LogP contribution in [0.25, 0.3) is 0 Å². The fourth-order valence-corrected chi connectivity index (χ4v) is 2.60. The molecule has 1 amide bonds. The number of anilines is 2. The molecule has 0 fully saturated rings. The fourth-order valence-electron chi connectivity index (χ4n) is 2.60. The third kappa shape index (κ3) is 3.93. The first kappa shape index (κ1) is 18.0. The van der Waals surface area contributed by atoms with Crippen molar-refractivity contribution in [1.82, 2.24) is 14.8 Å². The van der Waals surface area contributed by atoms with Crippen LogP contribution in [0.1, 0.15) is 50.7 Å². The first-order valence-electron chi connectivity index (χ1n) is 8.32. The Morgan fingerprint density at radius 2 is 1.92 bits per heavy atom. The summed E-state index contributed by atoms with van der Waals surface area (Å²) >= 11 is 0. The maximum Gasteiger partial charge on any atom is 0.259 e. The average molecular weight is 329 g/mol. The van der Waals surface area contributed by atoms with Crippen molar-refractivity contribution in [3.05, 3.63) is 35.8 Å². The Bertz CT molecular complexity index is 693. The molecular weight excluding hydrogens is 302 g/mol. The van der Waals surface area contributed by atoms with E-state index in [2.05, 4.69) is 34.1 Å². The third-order valence-electron chi connectivity index (χ3n) is 3.88. The van der Waals surface area contributed by atoms with E-state index >= 15 is 0 Å². The monoisotopic (exact) mass is 329 g/mol. The zero-order chi connectivity index (χ0) is 17.9. The number of aromatic nitrogens is 3. The number of amides is 1. The summed E-state index contributed by atoms with van der Waals surface area (Å²) in [5.41, 5.74) is 1.87. The van der Waals surface area contributed by atoms with Crippen LogP contribution in [-0.4, -0.2) is 33.8 Å². The first-order chi connectivity index (χ1) is 11.3. The molecule has 0 aliphatic carbocycles. The van der Waals surface area contributed by atoms with Crippen molar-refractivity contribution in [2.45, 2.75) is 40.0 Å². The van der Waals surface area contributed by atoms with Crippen LogP contribution in [0.3, 0.4) is 0 Å². The minimum Gasteiger partial charge on any atom is -0.357 e. The number of carbonyl (C=O) groups excluding carboxylic acids is 1. The van der Waals surface area contributed by atoms with Crippen molar-refractivity contribution in [2.24, 2.45) is 7.05 Å². The summed E-state index contributed by atoms with van der Waals surface area (Å²) in [4.78, 5) is 19.2. The fraction of sp³-hybridized carbons (Fsp3) is 0.500. The van der Waals surface area contributed by atoms with Gasteiger partial charge in [0.1, 0.15) is 5.82 Å². The molecular formula is C18H27N5O. The second-order valence-electron chi connectivity index (χ2n) is 6.85. The molecule has 130 valence electrons. The van der Waals surface area contributed by atoms with Crippen LogP contribution in [0.2, 0.25) is 0 Å². The minimum absolute atomic E-state index is 0.162. The molecule has 6 nitrogen and oxygen atoms in total. The van der Waals surface area contributed by atoms with Crippen LogP contribution in [0.5, 0.6) is 0 Å². The van der Waals surface area contributed by atoms with Gasteiger partial charge in [-0.3, -0.25) is 9.48 Å². The van der Waals surface area contributed by atoms with Crippen molar-refractivity contribution in [3.63, 3.8) is 0 Å². The Morgan fingerprint density at radius 3 is 2.42 bits per heavy atom. The van der Waals surface area contributed by atoms with Gasteiger partial charge in [0, 0.05) is 31.7 Å². The molecule has 0 bridgehead atoms. The smallest absolute Gasteiger partial charge is 0.259 e. The SMILES string of the molecule is CCN(CC)c1ccc(NC(=O)c2cn(C)nc2C(C)(C)C)cn1. The van der Waals surface area contributed by atoms with E-state index in [1.54, 1.807) is 17.1 Å². The molecule has 0 aliphatic heterocycles. The van der Waals surface area contributed by atoms with Gasteiger partial charge in [0.15, 0.2) is 0 Å². The second-order valence-corrected chi connectivity index (χ2v) is 6.85. The number of aryl methyl sites for hydroxylation is 1. The van der Waals surface area contributed by atoms with E-state index in [-0.39, 0.29) is 11.3 Å². The van der Waals surface area contributed by atoms with Crippen molar-refractivity contribution in [1.29, 1.82) is 0 Å². The Labute approximate surface area is 143 Å². The number of hydrogen-bond acceptors (Lipinski definition) is 4. The second kappa shape index (κ2) is 7.03. The van der Waals surface area contributed by atoms with E-state index in [0.717, 1.165) is 24.6 Å². The molecule has 0 aromatic carbocycles. The topological polar surface area (TPSA) is 63.1 Å². The molecule has 0 aliphatic rings. The summed E-state index contributed by atoms with van der Waals surface area (Å²) in [6.45, 7) is 12.1. The lowest BCUT2D eigenvalue weighted by molar-refractivity contribution is 0.102. The number of hydrogen-bond donors (Lipinski definition) is 1. The van der Waals surface area contributed by atoms with Gasteiger partial charge in [0.2, 0.25) is 0 Å². The lowest BCUT2D eigenvalue weighted by Crippen LogP contribution is -2.23.